The number of nitrogens with zero attached hydrogens (tertiary/aromatic N) is 3. The van der Waals surface area contributed by atoms with Crippen LogP contribution < -0.4 is 5.32 Å². The average molecular weight is 352 g/mol. The largest absolute Gasteiger partial charge is 0.351 e. The number of carbonyl (C=O) groups excluding carboxylic acids is 1. The van der Waals surface area contributed by atoms with Crippen LogP contribution in [-0.4, -0.2) is 47.6 Å². The van der Waals surface area contributed by atoms with E-state index in [4.69, 9.17) is 0 Å². The highest BCUT2D eigenvalue weighted by Crippen LogP contribution is 2.35. The Morgan fingerprint density at radius 2 is 2.00 bits per heavy atom. The van der Waals surface area contributed by atoms with Gasteiger partial charge in [0.2, 0.25) is 5.91 Å². The van der Waals surface area contributed by atoms with E-state index in [1.807, 2.05) is 18.2 Å². The minimum Gasteiger partial charge on any atom is -0.351 e. The van der Waals surface area contributed by atoms with Gasteiger partial charge in [-0.05, 0) is 37.8 Å². The van der Waals surface area contributed by atoms with Crippen LogP contribution in [0, 0.1) is 0 Å². The third kappa shape index (κ3) is 3.60. The molecule has 3 rings (SSSR count). The summed E-state index contributed by atoms with van der Waals surface area (Å²) in [6, 6.07) is 5.37. The van der Waals surface area contributed by atoms with Crippen LogP contribution in [0.4, 0.5) is 0 Å². The molecule has 0 saturated carbocycles. The highest BCUT2D eigenvalue weighted by Gasteiger charge is 2.40. The molecule has 2 saturated heterocycles. The van der Waals surface area contributed by atoms with Gasteiger partial charge in [-0.25, -0.2) is 0 Å². The molecule has 2 aliphatic rings. The molecule has 0 aliphatic carbocycles. The second-order valence-electron chi connectivity index (χ2n) is 6.35. The van der Waals surface area contributed by atoms with Crippen LogP contribution in [0.1, 0.15) is 50.0 Å². The zero-order valence-electron chi connectivity index (χ0n) is 13.9. The number of nitrogens with one attached hydrogen (secondary N) is 1. The number of pyridine rings is 1. The maximum atomic E-state index is 12.9. The Morgan fingerprint density at radius 3 is 2.71 bits per heavy atom. The first-order valence-electron chi connectivity index (χ1n) is 8.45. The lowest BCUT2D eigenvalue weighted by Gasteiger charge is -2.28. The average Bonchev–Trinajstić information content (AvgIpc) is 3.24. The van der Waals surface area contributed by atoms with Gasteiger partial charge in [-0.15, -0.1) is 0 Å². The van der Waals surface area contributed by atoms with E-state index in [1.54, 1.807) is 8.61 Å². The van der Waals surface area contributed by atoms with Gasteiger partial charge < -0.3 is 5.32 Å². The van der Waals surface area contributed by atoms with Gasteiger partial charge >= 0.3 is 0 Å². The highest BCUT2D eigenvalue weighted by molar-refractivity contribution is 7.86. The van der Waals surface area contributed by atoms with Crippen molar-refractivity contribution in [1.82, 2.24) is 18.9 Å². The first-order valence-corrected chi connectivity index (χ1v) is 9.85. The van der Waals surface area contributed by atoms with Gasteiger partial charge in [0.15, 0.2) is 0 Å². The van der Waals surface area contributed by atoms with Crippen LogP contribution in [-0.2, 0) is 21.5 Å². The molecule has 7 nitrogen and oxygen atoms in total. The Kier molecular flexibility index (Phi) is 5.17. The van der Waals surface area contributed by atoms with Gasteiger partial charge in [0.05, 0.1) is 24.0 Å². The summed E-state index contributed by atoms with van der Waals surface area (Å²) >= 11 is 0. The lowest BCUT2D eigenvalue weighted by atomic mass is 10.1. The maximum absolute atomic E-state index is 12.9. The van der Waals surface area contributed by atoms with Gasteiger partial charge in [0.1, 0.15) is 0 Å². The molecular weight excluding hydrogens is 328 g/mol. The maximum Gasteiger partial charge on any atom is 0.282 e. The predicted molar refractivity (Wildman–Crippen MR) is 90.2 cm³/mol. The lowest BCUT2D eigenvalue weighted by molar-refractivity contribution is -0.119. The van der Waals surface area contributed by atoms with Gasteiger partial charge in [-0.3, -0.25) is 9.78 Å². The zero-order valence-corrected chi connectivity index (χ0v) is 14.8. The molecule has 24 heavy (non-hydrogen) atoms. The molecule has 1 aromatic rings. The first-order chi connectivity index (χ1) is 11.5. The molecule has 1 atom stereocenters. The summed E-state index contributed by atoms with van der Waals surface area (Å²) in [6.07, 6.45) is 3.49. The van der Waals surface area contributed by atoms with E-state index in [0.29, 0.717) is 26.2 Å². The smallest absolute Gasteiger partial charge is 0.282 e. The first kappa shape index (κ1) is 17.3. The molecule has 2 fully saturated rings. The molecule has 3 heterocycles. The normalized spacial score (nSPS) is 22.8. The Hall–Kier alpha value is -1.51. The topological polar surface area (TPSA) is 82.6 Å². The highest BCUT2D eigenvalue weighted by atomic mass is 32.2. The molecule has 0 unspecified atom stereocenters. The fourth-order valence-corrected chi connectivity index (χ4v) is 5.29. The standard InChI is InChI=1S/C16H24N4O3S/c1-13(21)17-12-14-6-4-7-15(18-14)16-8-5-11-20(16)24(22,23)19-9-2-3-10-19/h4,6-7,16H,2-3,5,8-12H2,1H3,(H,17,21)/t16-/m1/s1. The van der Waals surface area contributed by atoms with Crippen molar-refractivity contribution in [3.05, 3.63) is 29.6 Å². The van der Waals surface area contributed by atoms with E-state index in [1.165, 1.54) is 6.92 Å². The summed E-state index contributed by atoms with van der Waals surface area (Å²) in [5.74, 6) is -0.110. The van der Waals surface area contributed by atoms with Gasteiger partial charge in [0.25, 0.3) is 10.2 Å². The molecule has 0 radical (unpaired) electrons. The van der Waals surface area contributed by atoms with Gasteiger partial charge in [-0.2, -0.15) is 17.0 Å². The molecule has 0 spiro atoms. The lowest BCUT2D eigenvalue weighted by Crippen LogP contribution is -2.42. The quantitative estimate of drug-likeness (QED) is 0.863. The van der Waals surface area contributed by atoms with E-state index in [9.17, 15) is 13.2 Å². The summed E-state index contributed by atoms with van der Waals surface area (Å²) < 4.78 is 29.0. The molecule has 2 aliphatic heterocycles. The number of amides is 1. The summed E-state index contributed by atoms with van der Waals surface area (Å²) in [5, 5.41) is 2.72. The second-order valence-corrected chi connectivity index (χ2v) is 8.23. The Labute approximate surface area is 143 Å². The monoisotopic (exact) mass is 352 g/mol. The third-order valence-electron chi connectivity index (χ3n) is 4.58. The van der Waals surface area contributed by atoms with Crippen LogP contribution in [0.25, 0.3) is 0 Å². The van der Waals surface area contributed by atoms with E-state index < -0.39 is 10.2 Å². The Balaban J connectivity index is 1.80. The number of carbonyl (C=O) groups is 1. The summed E-state index contributed by atoms with van der Waals surface area (Å²) in [6.45, 7) is 3.59. The van der Waals surface area contributed by atoms with Gasteiger partial charge in [-0.1, -0.05) is 6.07 Å². The summed E-state index contributed by atoms with van der Waals surface area (Å²) in [5.41, 5.74) is 1.51. The van der Waals surface area contributed by atoms with E-state index in [0.717, 1.165) is 37.1 Å². The molecular formula is C16H24N4O3S. The number of aromatic nitrogens is 1. The van der Waals surface area contributed by atoms with Crippen molar-refractivity contribution >= 4 is 16.1 Å². The number of hydrogen-bond donors (Lipinski definition) is 1. The van der Waals surface area contributed by atoms with Crippen molar-refractivity contribution in [3.63, 3.8) is 0 Å². The van der Waals surface area contributed by atoms with Crippen LogP contribution in [0.3, 0.4) is 0 Å². The molecule has 0 aromatic carbocycles. The Bertz CT molecular complexity index is 701. The van der Waals surface area contributed by atoms with Gasteiger partial charge in [0, 0.05) is 26.6 Å². The van der Waals surface area contributed by atoms with Crippen molar-refractivity contribution < 1.29 is 13.2 Å². The Morgan fingerprint density at radius 1 is 1.25 bits per heavy atom. The number of rotatable bonds is 5. The zero-order chi connectivity index (χ0) is 17.2. The van der Waals surface area contributed by atoms with E-state index in [2.05, 4.69) is 10.3 Å². The summed E-state index contributed by atoms with van der Waals surface area (Å²) in [7, 11) is -3.42. The second kappa shape index (κ2) is 7.16. The molecule has 0 bridgehead atoms. The summed E-state index contributed by atoms with van der Waals surface area (Å²) in [4.78, 5) is 15.6. The minimum atomic E-state index is -3.42. The fraction of sp³-hybridized carbons (Fsp3) is 0.625. The van der Waals surface area contributed by atoms with Crippen molar-refractivity contribution in [2.75, 3.05) is 19.6 Å². The van der Waals surface area contributed by atoms with Crippen molar-refractivity contribution in [3.8, 4) is 0 Å². The van der Waals surface area contributed by atoms with Crippen molar-refractivity contribution in [2.24, 2.45) is 0 Å². The SMILES string of the molecule is CC(=O)NCc1cccc([C@H]2CCCN2S(=O)(=O)N2CCCC2)n1. The van der Waals surface area contributed by atoms with E-state index in [-0.39, 0.29) is 11.9 Å². The third-order valence-corrected chi connectivity index (χ3v) is 6.63. The molecule has 1 N–H and O–H groups in total. The van der Waals surface area contributed by atoms with Crippen molar-refractivity contribution in [2.45, 2.75) is 45.2 Å². The molecule has 1 aromatic heterocycles. The van der Waals surface area contributed by atoms with Crippen LogP contribution >= 0.6 is 0 Å². The minimum absolute atomic E-state index is 0.110. The van der Waals surface area contributed by atoms with Crippen LogP contribution in [0.5, 0.6) is 0 Å². The van der Waals surface area contributed by atoms with Crippen LogP contribution in [0.15, 0.2) is 18.2 Å². The van der Waals surface area contributed by atoms with Crippen molar-refractivity contribution in [1.29, 1.82) is 0 Å². The van der Waals surface area contributed by atoms with E-state index >= 15 is 0 Å². The van der Waals surface area contributed by atoms with Crippen LogP contribution in [0.2, 0.25) is 0 Å². The predicted octanol–water partition coefficient (Wildman–Crippen LogP) is 1.20. The fourth-order valence-electron chi connectivity index (χ4n) is 3.38. The molecule has 132 valence electrons. The number of hydrogen-bond acceptors (Lipinski definition) is 4. The molecule has 8 heteroatoms. The molecule has 1 amide bonds.